The highest BCUT2D eigenvalue weighted by atomic mass is 16.5. The molecule has 7 nitrogen and oxygen atoms in total. The standard InChI is InChI=1S/C17H31N5O2/c1-4-6-18-17(19-12-16(23)20(2)3)22-7-5-15(14-22)13-21-8-10-24-11-9-21/h4,15H,1,5-14H2,2-3H3,(H,18,19). The lowest BCUT2D eigenvalue weighted by Gasteiger charge is -2.29. The van der Waals surface area contributed by atoms with Crippen molar-refractivity contribution < 1.29 is 9.53 Å². The highest BCUT2D eigenvalue weighted by Crippen LogP contribution is 2.18. The van der Waals surface area contributed by atoms with Crippen molar-refractivity contribution in [3.05, 3.63) is 12.7 Å². The second kappa shape index (κ2) is 9.64. The Morgan fingerprint density at radius 3 is 2.79 bits per heavy atom. The van der Waals surface area contributed by atoms with Crippen molar-refractivity contribution in [2.24, 2.45) is 10.9 Å². The maximum absolute atomic E-state index is 11.8. The third-order valence-corrected chi connectivity index (χ3v) is 4.47. The Balaban J connectivity index is 1.88. The van der Waals surface area contributed by atoms with Gasteiger partial charge in [-0.15, -0.1) is 6.58 Å². The number of nitrogens with one attached hydrogen (secondary N) is 1. The zero-order chi connectivity index (χ0) is 17.4. The fourth-order valence-electron chi connectivity index (χ4n) is 3.04. The quantitative estimate of drug-likeness (QED) is 0.415. The fraction of sp³-hybridized carbons (Fsp3) is 0.765. The number of morpholine rings is 1. The van der Waals surface area contributed by atoms with Gasteiger partial charge in [-0.05, 0) is 12.3 Å². The number of hydrogen-bond donors (Lipinski definition) is 1. The average molecular weight is 337 g/mol. The number of hydrogen-bond acceptors (Lipinski definition) is 4. The van der Waals surface area contributed by atoms with E-state index in [1.807, 2.05) is 6.08 Å². The number of guanidine groups is 1. The van der Waals surface area contributed by atoms with E-state index in [0.29, 0.717) is 12.5 Å². The lowest BCUT2D eigenvalue weighted by Crippen LogP contribution is -2.43. The number of likely N-dealkylation sites (N-methyl/N-ethyl adjacent to an activating group) is 1. The van der Waals surface area contributed by atoms with Gasteiger partial charge in [-0.3, -0.25) is 9.69 Å². The second-order valence-electron chi connectivity index (χ2n) is 6.61. The van der Waals surface area contributed by atoms with Gasteiger partial charge >= 0.3 is 0 Å². The maximum atomic E-state index is 11.8. The van der Waals surface area contributed by atoms with Crippen LogP contribution in [0, 0.1) is 5.92 Å². The van der Waals surface area contributed by atoms with Crippen LogP contribution in [-0.4, -0.2) is 99.7 Å². The van der Waals surface area contributed by atoms with Crippen molar-refractivity contribution in [2.75, 3.05) is 73.1 Å². The van der Waals surface area contributed by atoms with Crippen LogP contribution in [-0.2, 0) is 9.53 Å². The van der Waals surface area contributed by atoms with E-state index < -0.39 is 0 Å². The zero-order valence-electron chi connectivity index (χ0n) is 15.0. The molecule has 0 radical (unpaired) electrons. The molecular formula is C17H31N5O2. The second-order valence-corrected chi connectivity index (χ2v) is 6.61. The Kier molecular flexibility index (Phi) is 7.52. The number of amides is 1. The number of aliphatic imine (C=N–C) groups is 1. The summed E-state index contributed by atoms with van der Waals surface area (Å²) >= 11 is 0. The minimum absolute atomic E-state index is 0.0111. The van der Waals surface area contributed by atoms with Crippen LogP contribution in [0.1, 0.15) is 6.42 Å². The molecule has 2 fully saturated rings. The summed E-state index contributed by atoms with van der Waals surface area (Å²) in [6.07, 6.45) is 2.97. The van der Waals surface area contributed by atoms with E-state index in [0.717, 1.165) is 58.3 Å². The maximum Gasteiger partial charge on any atom is 0.243 e. The van der Waals surface area contributed by atoms with Gasteiger partial charge in [0.15, 0.2) is 5.96 Å². The highest BCUT2D eigenvalue weighted by Gasteiger charge is 2.27. The number of ether oxygens (including phenoxy) is 1. The molecule has 1 amide bonds. The van der Waals surface area contributed by atoms with Gasteiger partial charge < -0.3 is 19.9 Å². The largest absolute Gasteiger partial charge is 0.379 e. The van der Waals surface area contributed by atoms with E-state index in [1.165, 1.54) is 0 Å². The van der Waals surface area contributed by atoms with Gasteiger partial charge in [-0.1, -0.05) is 6.08 Å². The molecule has 0 aliphatic carbocycles. The molecule has 24 heavy (non-hydrogen) atoms. The number of carbonyl (C=O) groups is 1. The van der Waals surface area contributed by atoms with Crippen LogP contribution in [0.4, 0.5) is 0 Å². The predicted octanol–water partition coefficient (Wildman–Crippen LogP) is -0.140. The first-order valence-corrected chi connectivity index (χ1v) is 8.74. The van der Waals surface area contributed by atoms with Crippen LogP contribution < -0.4 is 5.32 Å². The summed E-state index contributed by atoms with van der Waals surface area (Å²) < 4.78 is 5.41. The van der Waals surface area contributed by atoms with Crippen LogP contribution >= 0.6 is 0 Å². The first-order valence-electron chi connectivity index (χ1n) is 8.74. The molecule has 2 saturated heterocycles. The summed E-state index contributed by atoms with van der Waals surface area (Å²) in [4.78, 5) is 22.6. The zero-order valence-corrected chi connectivity index (χ0v) is 15.0. The Bertz CT molecular complexity index is 446. The van der Waals surface area contributed by atoms with E-state index in [-0.39, 0.29) is 12.5 Å². The van der Waals surface area contributed by atoms with Crippen LogP contribution in [0.15, 0.2) is 17.6 Å². The van der Waals surface area contributed by atoms with Crippen LogP contribution in [0.3, 0.4) is 0 Å². The van der Waals surface area contributed by atoms with Gasteiger partial charge in [-0.25, -0.2) is 4.99 Å². The Hall–Kier alpha value is -1.60. The van der Waals surface area contributed by atoms with Crippen molar-refractivity contribution in [3.63, 3.8) is 0 Å². The first kappa shape index (κ1) is 18.7. The minimum atomic E-state index is 0.0111. The summed E-state index contributed by atoms with van der Waals surface area (Å²) in [7, 11) is 3.51. The van der Waals surface area contributed by atoms with E-state index in [1.54, 1.807) is 19.0 Å². The summed E-state index contributed by atoms with van der Waals surface area (Å²) in [5, 5.41) is 3.28. The minimum Gasteiger partial charge on any atom is -0.379 e. The molecule has 0 aromatic heterocycles. The van der Waals surface area contributed by atoms with Gasteiger partial charge in [0.1, 0.15) is 6.54 Å². The van der Waals surface area contributed by atoms with Crippen molar-refractivity contribution in [1.29, 1.82) is 0 Å². The first-order chi connectivity index (χ1) is 11.6. The molecule has 7 heteroatoms. The van der Waals surface area contributed by atoms with E-state index in [2.05, 4.69) is 26.7 Å². The molecule has 2 heterocycles. The smallest absolute Gasteiger partial charge is 0.243 e. The third kappa shape index (κ3) is 5.79. The van der Waals surface area contributed by atoms with E-state index in [9.17, 15) is 4.79 Å². The van der Waals surface area contributed by atoms with Gasteiger partial charge in [0.25, 0.3) is 0 Å². The van der Waals surface area contributed by atoms with Gasteiger partial charge in [0, 0.05) is 53.4 Å². The molecular weight excluding hydrogens is 306 g/mol. The molecule has 0 bridgehead atoms. The topological polar surface area (TPSA) is 60.4 Å². The summed E-state index contributed by atoms with van der Waals surface area (Å²) in [5.74, 6) is 1.47. The monoisotopic (exact) mass is 337 g/mol. The molecule has 0 aromatic carbocycles. The SMILES string of the molecule is C=CCNC(=NCC(=O)N(C)C)N1CCC(CN2CCOCC2)C1. The van der Waals surface area contributed by atoms with Crippen LogP contribution in [0.25, 0.3) is 0 Å². The van der Waals surface area contributed by atoms with Gasteiger partial charge in [-0.2, -0.15) is 0 Å². The van der Waals surface area contributed by atoms with Gasteiger partial charge in [0.2, 0.25) is 5.91 Å². The van der Waals surface area contributed by atoms with E-state index >= 15 is 0 Å². The van der Waals surface area contributed by atoms with E-state index in [4.69, 9.17) is 4.74 Å². The summed E-state index contributed by atoms with van der Waals surface area (Å²) in [6, 6.07) is 0. The lowest BCUT2D eigenvalue weighted by atomic mass is 10.1. The van der Waals surface area contributed by atoms with Crippen LogP contribution in [0.5, 0.6) is 0 Å². The normalized spacial score (nSPS) is 22.5. The molecule has 2 aliphatic rings. The van der Waals surface area contributed by atoms with Crippen LogP contribution in [0.2, 0.25) is 0 Å². The molecule has 1 atom stereocenters. The Labute approximate surface area is 145 Å². The molecule has 0 saturated carbocycles. The van der Waals surface area contributed by atoms with Crippen molar-refractivity contribution in [1.82, 2.24) is 20.0 Å². The highest BCUT2D eigenvalue weighted by molar-refractivity contribution is 5.85. The number of rotatable bonds is 6. The van der Waals surface area contributed by atoms with Crippen molar-refractivity contribution >= 4 is 11.9 Å². The molecule has 0 aromatic rings. The number of carbonyl (C=O) groups excluding carboxylic acids is 1. The molecule has 1 N–H and O–H groups in total. The van der Waals surface area contributed by atoms with Gasteiger partial charge in [0.05, 0.1) is 13.2 Å². The Morgan fingerprint density at radius 2 is 2.12 bits per heavy atom. The summed E-state index contributed by atoms with van der Waals surface area (Å²) in [6.45, 7) is 11.4. The summed E-state index contributed by atoms with van der Waals surface area (Å²) in [5.41, 5.74) is 0. The lowest BCUT2D eigenvalue weighted by molar-refractivity contribution is -0.127. The number of nitrogens with zero attached hydrogens (tertiary/aromatic N) is 4. The third-order valence-electron chi connectivity index (χ3n) is 4.47. The molecule has 1 unspecified atom stereocenters. The molecule has 2 aliphatic heterocycles. The number of likely N-dealkylation sites (tertiary alicyclic amines) is 1. The van der Waals surface area contributed by atoms with Crippen molar-refractivity contribution in [3.8, 4) is 0 Å². The van der Waals surface area contributed by atoms with Crippen molar-refractivity contribution in [2.45, 2.75) is 6.42 Å². The molecule has 136 valence electrons. The molecule has 2 rings (SSSR count). The molecule has 0 spiro atoms. The fourth-order valence-corrected chi connectivity index (χ4v) is 3.04. The Morgan fingerprint density at radius 1 is 1.38 bits per heavy atom. The average Bonchev–Trinajstić information content (AvgIpc) is 3.03. The predicted molar refractivity (Wildman–Crippen MR) is 96.1 cm³/mol.